The molecule has 0 aliphatic carbocycles. The van der Waals surface area contributed by atoms with Gasteiger partial charge in [-0.25, -0.2) is 0 Å². The fourth-order valence-corrected chi connectivity index (χ4v) is 1.09. The normalized spacial score (nSPS) is 9.53. The molecule has 3 nitrogen and oxygen atoms in total. The first-order valence-corrected chi connectivity index (χ1v) is 4.52. The molecule has 0 aliphatic heterocycles. The molecule has 1 rings (SSSR count). The predicted octanol–water partition coefficient (Wildman–Crippen LogP) is -2.06. The molecule has 0 unspecified atom stereocenters. The van der Waals surface area contributed by atoms with E-state index in [0.717, 1.165) is 0 Å². The van der Waals surface area contributed by atoms with E-state index < -0.39 is 12.6 Å². The number of carbonyl (C=O) groups excluding carboxylic acids is 1. The Morgan fingerprint density at radius 3 is 2.27 bits per heavy atom. The van der Waals surface area contributed by atoms with Gasteiger partial charge in [0, 0.05) is 0 Å². The maximum Gasteiger partial charge on any atom is 1.00 e. The first-order valence-electron chi connectivity index (χ1n) is 4.52. The SMILES string of the molecule is CC(C)c1ccc(OCC(=O)[O-])cc1.[Li+]. The molecule has 0 fully saturated rings. The van der Waals surface area contributed by atoms with Gasteiger partial charge in [0.1, 0.15) is 12.4 Å². The Kier molecular flexibility index (Phi) is 6.15. The third-order valence-corrected chi connectivity index (χ3v) is 1.90. The number of hydrogen-bond acceptors (Lipinski definition) is 3. The van der Waals surface area contributed by atoms with Crippen LogP contribution in [0.4, 0.5) is 0 Å². The summed E-state index contributed by atoms with van der Waals surface area (Å²) in [6.07, 6.45) is 0. The van der Waals surface area contributed by atoms with Gasteiger partial charge in [-0.3, -0.25) is 0 Å². The summed E-state index contributed by atoms with van der Waals surface area (Å²) in [5.41, 5.74) is 1.20. The monoisotopic (exact) mass is 200 g/mol. The van der Waals surface area contributed by atoms with E-state index in [9.17, 15) is 9.90 Å². The van der Waals surface area contributed by atoms with Crippen LogP contribution in [0.25, 0.3) is 0 Å². The fraction of sp³-hybridized carbons (Fsp3) is 0.364. The summed E-state index contributed by atoms with van der Waals surface area (Å²) in [5, 5.41) is 10.1. The smallest absolute Gasteiger partial charge is 0.546 e. The van der Waals surface area contributed by atoms with Gasteiger partial charge in [-0.05, 0) is 23.6 Å². The molecule has 4 heteroatoms. The topological polar surface area (TPSA) is 49.4 Å². The molecule has 0 aliphatic rings. The molecule has 76 valence electrons. The van der Waals surface area contributed by atoms with Gasteiger partial charge >= 0.3 is 18.9 Å². The van der Waals surface area contributed by atoms with Crippen LogP contribution in [-0.4, -0.2) is 12.6 Å². The van der Waals surface area contributed by atoms with Gasteiger partial charge in [0.25, 0.3) is 0 Å². The number of hydrogen-bond donors (Lipinski definition) is 0. The number of carboxylic acid groups (broad SMARTS) is 1. The maximum absolute atomic E-state index is 10.1. The summed E-state index contributed by atoms with van der Waals surface area (Å²) in [7, 11) is 0. The summed E-state index contributed by atoms with van der Waals surface area (Å²) in [6.45, 7) is 3.79. The quantitative estimate of drug-likeness (QED) is 0.525. The van der Waals surface area contributed by atoms with Crippen LogP contribution in [0.5, 0.6) is 5.75 Å². The average molecular weight is 200 g/mol. The zero-order chi connectivity index (χ0) is 10.6. The Bertz CT molecular complexity index is 306. The molecular weight excluding hydrogens is 187 g/mol. The molecule has 0 spiro atoms. The minimum atomic E-state index is -1.21. The number of carboxylic acids is 1. The van der Waals surface area contributed by atoms with Crippen molar-refractivity contribution in [1.29, 1.82) is 0 Å². The van der Waals surface area contributed by atoms with Crippen LogP contribution in [0.15, 0.2) is 24.3 Å². The van der Waals surface area contributed by atoms with E-state index in [4.69, 9.17) is 4.74 Å². The summed E-state index contributed by atoms with van der Waals surface area (Å²) < 4.78 is 4.94. The molecule has 0 radical (unpaired) electrons. The van der Waals surface area contributed by atoms with Gasteiger partial charge in [0.15, 0.2) is 0 Å². The van der Waals surface area contributed by atoms with E-state index in [1.165, 1.54) is 5.56 Å². The molecule has 0 atom stereocenters. The Hall–Kier alpha value is -0.913. The van der Waals surface area contributed by atoms with Crippen molar-refractivity contribution in [2.24, 2.45) is 0 Å². The van der Waals surface area contributed by atoms with Crippen molar-refractivity contribution < 1.29 is 33.5 Å². The van der Waals surface area contributed by atoms with E-state index in [2.05, 4.69) is 13.8 Å². The summed E-state index contributed by atoms with van der Waals surface area (Å²) >= 11 is 0. The average Bonchev–Trinajstić information content (AvgIpc) is 2.15. The zero-order valence-electron chi connectivity index (χ0n) is 9.32. The molecule has 0 N–H and O–H groups in total. The number of carbonyl (C=O) groups is 1. The van der Waals surface area contributed by atoms with Gasteiger partial charge in [0.05, 0.1) is 5.97 Å². The number of aliphatic carboxylic acids is 1. The van der Waals surface area contributed by atoms with E-state index in [1.54, 1.807) is 12.1 Å². The first kappa shape index (κ1) is 14.1. The minimum Gasteiger partial charge on any atom is -0.546 e. The third kappa shape index (κ3) is 4.92. The molecule has 0 saturated carbocycles. The van der Waals surface area contributed by atoms with Gasteiger partial charge in [-0.2, -0.15) is 0 Å². The van der Waals surface area contributed by atoms with Crippen molar-refractivity contribution in [3.63, 3.8) is 0 Å². The van der Waals surface area contributed by atoms with Gasteiger partial charge in [0.2, 0.25) is 0 Å². The van der Waals surface area contributed by atoms with E-state index in [0.29, 0.717) is 11.7 Å². The van der Waals surface area contributed by atoms with Crippen molar-refractivity contribution in [1.82, 2.24) is 0 Å². The Morgan fingerprint density at radius 2 is 1.87 bits per heavy atom. The maximum atomic E-state index is 10.1. The number of rotatable bonds is 4. The van der Waals surface area contributed by atoms with E-state index >= 15 is 0 Å². The Balaban J connectivity index is 0.00000196. The minimum absolute atomic E-state index is 0. The first-order chi connectivity index (χ1) is 6.59. The third-order valence-electron chi connectivity index (χ3n) is 1.90. The van der Waals surface area contributed by atoms with E-state index in [1.807, 2.05) is 12.1 Å². The van der Waals surface area contributed by atoms with Crippen molar-refractivity contribution in [2.45, 2.75) is 19.8 Å². The Labute approximate surface area is 102 Å². The number of benzene rings is 1. The second kappa shape index (κ2) is 6.55. The van der Waals surface area contributed by atoms with Crippen LogP contribution in [-0.2, 0) is 4.79 Å². The van der Waals surface area contributed by atoms with Crippen molar-refractivity contribution in [3.8, 4) is 5.75 Å². The Morgan fingerprint density at radius 1 is 1.33 bits per heavy atom. The molecule has 1 aromatic rings. The summed E-state index contributed by atoms with van der Waals surface area (Å²) in [6, 6.07) is 7.38. The van der Waals surface area contributed by atoms with Crippen molar-refractivity contribution in [2.75, 3.05) is 6.61 Å². The van der Waals surface area contributed by atoms with Crippen LogP contribution in [0, 0.1) is 0 Å². The predicted molar refractivity (Wildman–Crippen MR) is 51.0 cm³/mol. The zero-order valence-corrected chi connectivity index (χ0v) is 9.32. The van der Waals surface area contributed by atoms with Crippen molar-refractivity contribution >= 4 is 5.97 Å². The summed E-state index contributed by atoms with van der Waals surface area (Å²) in [4.78, 5) is 10.1. The molecule has 0 amide bonds. The molecule has 0 aromatic heterocycles. The van der Waals surface area contributed by atoms with Crippen molar-refractivity contribution in [3.05, 3.63) is 29.8 Å². The van der Waals surface area contributed by atoms with Gasteiger partial charge in [-0.1, -0.05) is 26.0 Å². The molecule has 0 saturated heterocycles. The van der Waals surface area contributed by atoms with Crippen LogP contribution in [0.2, 0.25) is 0 Å². The van der Waals surface area contributed by atoms with Gasteiger partial charge < -0.3 is 14.6 Å². The molecular formula is C11H13LiO3. The van der Waals surface area contributed by atoms with Crippen LogP contribution in [0.3, 0.4) is 0 Å². The van der Waals surface area contributed by atoms with Crippen LogP contribution in [0.1, 0.15) is 25.3 Å². The molecule has 1 aromatic carbocycles. The fourth-order valence-electron chi connectivity index (χ4n) is 1.09. The standard InChI is InChI=1S/C11H14O3.Li/c1-8(2)9-3-5-10(6-4-9)14-7-11(12)13;/h3-6,8H,7H2,1-2H3,(H,12,13);/q;+1/p-1. The second-order valence-corrected chi connectivity index (χ2v) is 3.38. The number of ether oxygens (including phenoxy) is 1. The molecule has 0 bridgehead atoms. The molecule has 0 heterocycles. The van der Waals surface area contributed by atoms with Gasteiger partial charge in [-0.15, -0.1) is 0 Å². The largest absolute Gasteiger partial charge is 1.00 e. The van der Waals surface area contributed by atoms with E-state index in [-0.39, 0.29) is 18.9 Å². The second-order valence-electron chi connectivity index (χ2n) is 3.38. The van der Waals surface area contributed by atoms with Crippen LogP contribution < -0.4 is 28.7 Å². The summed E-state index contributed by atoms with van der Waals surface area (Å²) in [5.74, 6) is -0.193. The van der Waals surface area contributed by atoms with Crippen LogP contribution >= 0.6 is 0 Å². The molecule has 15 heavy (non-hydrogen) atoms.